The molecule has 0 spiro atoms. The molecule has 3 aromatic rings. The summed E-state index contributed by atoms with van der Waals surface area (Å²) in [4.78, 5) is 4.67. The topological polar surface area (TPSA) is 53.4 Å². The molecule has 1 aliphatic carbocycles. The number of hydrogen-bond acceptors (Lipinski definition) is 3. The zero-order chi connectivity index (χ0) is 13.7. The van der Waals surface area contributed by atoms with E-state index in [1.54, 1.807) is 0 Å². The number of hydrogen-bond donors (Lipinski definition) is 2. The molecular formula is C17H13NO2. The van der Waals surface area contributed by atoms with Crippen molar-refractivity contribution in [2.24, 2.45) is 0 Å². The first-order valence-electron chi connectivity index (χ1n) is 6.61. The Bertz CT molecular complexity index is 813. The van der Waals surface area contributed by atoms with E-state index in [-0.39, 0.29) is 0 Å². The highest BCUT2D eigenvalue weighted by Crippen LogP contribution is 2.44. The van der Waals surface area contributed by atoms with Crippen molar-refractivity contribution < 1.29 is 10.2 Å². The van der Waals surface area contributed by atoms with Gasteiger partial charge in [-0.1, -0.05) is 42.5 Å². The number of benzene rings is 2. The minimum absolute atomic E-state index is 0.690. The first-order chi connectivity index (χ1) is 9.75. The molecule has 1 aliphatic rings. The Morgan fingerprint density at radius 1 is 0.800 bits per heavy atom. The Labute approximate surface area is 116 Å². The summed E-state index contributed by atoms with van der Waals surface area (Å²) < 4.78 is 0. The molecule has 0 fully saturated rings. The highest BCUT2D eigenvalue weighted by atomic mass is 16.3. The summed E-state index contributed by atoms with van der Waals surface area (Å²) in [6.07, 6.45) is -1.83. The molecule has 4 rings (SSSR count). The second kappa shape index (κ2) is 4.13. The normalized spacial score (nSPS) is 20.5. The van der Waals surface area contributed by atoms with Crippen molar-refractivity contribution in [2.45, 2.75) is 12.2 Å². The van der Waals surface area contributed by atoms with Gasteiger partial charge in [0.2, 0.25) is 0 Å². The Kier molecular flexibility index (Phi) is 2.39. The van der Waals surface area contributed by atoms with Gasteiger partial charge < -0.3 is 10.2 Å². The maximum Gasteiger partial charge on any atom is 0.111 e. The summed E-state index contributed by atoms with van der Waals surface area (Å²) in [5.74, 6) is 0. The van der Waals surface area contributed by atoms with Crippen LogP contribution < -0.4 is 0 Å². The van der Waals surface area contributed by atoms with E-state index in [0.29, 0.717) is 5.56 Å². The Morgan fingerprint density at radius 3 is 2.40 bits per heavy atom. The molecule has 2 aromatic carbocycles. The number of rotatable bonds is 0. The van der Waals surface area contributed by atoms with Crippen LogP contribution in [-0.4, -0.2) is 15.2 Å². The molecule has 0 unspecified atom stereocenters. The summed E-state index contributed by atoms with van der Waals surface area (Å²) in [5, 5.41) is 21.6. The molecular weight excluding hydrogens is 250 g/mol. The highest BCUT2D eigenvalue weighted by Gasteiger charge is 2.31. The summed E-state index contributed by atoms with van der Waals surface area (Å²) in [6, 6.07) is 17.3. The average molecular weight is 263 g/mol. The molecule has 0 saturated heterocycles. The number of pyridine rings is 1. The van der Waals surface area contributed by atoms with Crippen molar-refractivity contribution in [3.8, 4) is 11.3 Å². The summed E-state index contributed by atoms with van der Waals surface area (Å²) in [7, 11) is 0. The molecule has 0 saturated carbocycles. The molecule has 2 atom stereocenters. The van der Waals surface area contributed by atoms with Gasteiger partial charge in [0.15, 0.2) is 0 Å². The van der Waals surface area contributed by atoms with Crippen LogP contribution in [0.4, 0.5) is 0 Å². The summed E-state index contributed by atoms with van der Waals surface area (Å²) >= 11 is 0. The van der Waals surface area contributed by atoms with Gasteiger partial charge in [0.25, 0.3) is 0 Å². The minimum Gasteiger partial charge on any atom is -0.385 e. The van der Waals surface area contributed by atoms with Gasteiger partial charge in [0.05, 0.1) is 11.2 Å². The van der Waals surface area contributed by atoms with Crippen LogP contribution >= 0.6 is 0 Å². The Morgan fingerprint density at radius 2 is 1.50 bits per heavy atom. The average Bonchev–Trinajstić information content (AvgIpc) is 2.51. The monoisotopic (exact) mass is 263 g/mol. The van der Waals surface area contributed by atoms with Gasteiger partial charge in [-0.3, -0.25) is 0 Å². The number of aliphatic hydroxyl groups excluding tert-OH is 2. The number of fused-ring (bicyclic) bond motifs is 4. The van der Waals surface area contributed by atoms with Crippen LogP contribution in [0.5, 0.6) is 0 Å². The number of nitrogens with zero attached hydrogens (tertiary/aromatic N) is 1. The van der Waals surface area contributed by atoms with Crippen molar-refractivity contribution in [1.82, 2.24) is 4.98 Å². The first kappa shape index (κ1) is 11.6. The summed E-state index contributed by atoms with van der Waals surface area (Å²) in [6.45, 7) is 0. The highest BCUT2D eigenvalue weighted by molar-refractivity contribution is 5.85. The van der Waals surface area contributed by atoms with Gasteiger partial charge in [0.1, 0.15) is 12.2 Å². The second-order valence-electron chi connectivity index (χ2n) is 5.10. The zero-order valence-electron chi connectivity index (χ0n) is 10.7. The van der Waals surface area contributed by atoms with Crippen LogP contribution in [0.15, 0.2) is 54.6 Å². The second-order valence-corrected chi connectivity index (χ2v) is 5.10. The molecule has 98 valence electrons. The van der Waals surface area contributed by atoms with Crippen molar-refractivity contribution >= 4 is 10.9 Å². The van der Waals surface area contributed by atoms with Crippen molar-refractivity contribution in [3.63, 3.8) is 0 Å². The third kappa shape index (κ3) is 1.51. The van der Waals surface area contributed by atoms with E-state index >= 15 is 0 Å². The lowest BCUT2D eigenvalue weighted by Gasteiger charge is -2.28. The largest absolute Gasteiger partial charge is 0.385 e. The predicted octanol–water partition coefficient (Wildman–Crippen LogP) is 2.98. The van der Waals surface area contributed by atoms with E-state index in [9.17, 15) is 10.2 Å². The van der Waals surface area contributed by atoms with E-state index in [0.717, 1.165) is 27.7 Å². The maximum absolute atomic E-state index is 10.3. The Balaban J connectivity index is 2.09. The molecule has 2 N–H and O–H groups in total. The van der Waals surface area contributed by atoms with Crippen molar-refractivity contribution in [3.05, 3.63) is 65.7 Å². The summed E-state index contributed by atoms with van der Waals surface area (Å²) in [5.41, 5.74) is 3.97. The first-order valence-corrected chi connectivity index (χ1v) is 6.61. The van der Waals surface area contributed by atoms with E-state index in [2.05, 4.69) is 4.98 Å². The fraction of sp³-hybridized carbons (Fsp3) is 0.118. The van der Waals surface area contributed by atoms with E-state index in [1.807, 2.05) is 54.6 Å². The third-order valence-corrected chi connectivity index (χ3v) is 3.91. The standard InChI is InChI=1S/C17H13NO2/c19-16-12-7-3-2-6-11(12)15-13(17(16)20)9-10-5-1-4-8-14(10)18-15/h1-9,16-17,19-20H/t16-,17-/m0/s1. The van der Waals surface area contributed by atoms with Crippen LogP contribution in [0.2, 0.25) is 0 Å². The molecule has 3 nitrogen and oxygen atoms in total. The lowest BCUT2D eigenvalue weighted by molar-refractivity contribution is 0.0156. The minimum atomic E-state index is -0.933. The lowest BCUT2D eigenvalue weighted by atomic mass is 9.84. The van der Waals surface area contributed by atoms with Gasteiger partial charge in [0, 0.05) is 16.5 Å². The number of para-hydroxylation sites is 1. The fourth-order valence-corrected chi connectivity index (χ4v) is 2.88. The maximum atomic E-state index is 10.3. The molecule has 0 aliphatic heterocycles. The quantitative estimate of drug-likeness (QED) is 0.655. The van der Waals surface area contributed by atoms with Crippen LogP contribution in [0.1, 0.15) is 23.3 Å². The molecule has 1 aromatic heterocycles. The smallest absolute Gasteiger partial charge is 0.111 e. The Hall–Kier alpha value is -2.23. The number of aromatic nitrogens is 1. The van der Waals surface area contributed by atoms with Crippen LogP contribution in [0.3, 0.4) is 0 Å². The van der Waals surface area contributed by atoms with Crippen LogP contribution in [0.25, 0.3) is 22.2 Å². The molecule has 0 radical (unpaired) electrons. The fourth-order valence-electron chi connectivity index (χ4n) is 2.88. The molecule has 0 amide bonds. The van der Waals surface area contributed by atoms with Gasteiger partial charge in [-0.2, -0.15) is 0 Å². The van der Waals surface area contributed by atoms with Gasteiger partial charge >= 0.3 is 0 Å². The molecule has 20 heavy (non-hydrogen) atoms. The van der Waals surface area contributed by atoms with Crippen molar-refractivity contribution in [1.29, 1.82) is 0 Å². The van der Waals surface area contributed by atoms with Crippen LogP contribution in [0, 0.1) is 0 Å². The SMILES string of the molecule is O[C@H]1c2ccccc2-c2nc3ccccc3cc2[C@@H]1O. The predicted molar refractivity (Wildman–Crippen MR) is 77.1 cm³/mol. The van der Waals surface area contributed by atoms with Gasteiger partial charge in [-0.15, -0.1) is 0 Å². The third-order valence-electron chi connectivity index (χ3n) is 3.91. The van der Waals surface area contributed by atoms with E-state index in [4.69, 9.17) is 0 Å². The molecule has 0 bridgehead atoms. The van der Waals surface area contributed by atoms with Gasteiger partial charge in [-0.05, 0) is 17.7 Å². The van der Waals surface area contributed by atoms with E-state index in [1.165, 1.54) is 0 Å². The van der Waals surface area contributed by atoms with E-state index < -0.39 is 12.2 Å². The van der Waals surface area contributed by atoms with Crippen molar-refractivity contribution in [2.75, 3.05) is 0 Å². The number of aliphatic hydroxyl groups is 2. The lowest BCUT2D eigenvalue weighted by Crippen LogP contribution is -2.18. The van der Waals surface area contributed by atoms with Gasteiger partial charge in [-0.25, -0.2) is 4.98 Å². The van der Waals surface area contributed by atoms with Crippen LogP contribution in [-0.2, 0) is 0 Å². The zero-order valence-corrected chi connectivity index (χ0v) is 10.7. The molecule has 1 heterocycles. The molecule has 3 heteroatoms.